The first-order valence-electron chi connectivity index (χ1n) is 7.26. The fourth-order valence-corrected chi connectivity index (χ4v) is 2.52. The second-order valence-electron chi connectivity index (χ2n) is 5.30. The lowest BCUT2D eigenvalue weighted by atomic mass is 10.2. The Morgan fingerprint density at radius 3 is 2.35 bits per heavy atom. The largest absolute Gasteiger partial charge is 0.325 e. The Morgan fingerprint density at radius 1 is 1.20 bits per heavy atom. The van der Waals surface area contributed by atoms with Crippen molar-refractivity contribution >= 4 is 11.6 Å². The maximum absolute atomic E-state index is 12.3. The molecule has 1 N–H and O–H groups in total. The molecule has 0 aliphatic carbocycles. The number of nitriles is 1. The van der Waals surface area contributed by atoms with Crippen molar-refractivity contribution in [1.29, 1.82) is 5.26 Å². The molecule has 2 rings (SSSR count). The average Bonchev–Trinajstić information content (AvgIpc) is 2.76. The minimum absolute atomic E-state index is 0.0246. The van der Waals surface area contributed by atoms with Crippen LogP contribution in [-0.4, -0.2) is 29.9 Å². The zero-order chi connectivity index (χ0) is 14.4. The van der Waals surface area contributed by atoms with Crippen LogP contribution in [-0.2, 0) is 4.79 Å². The lowest BCUT2D eigenvalue weighted by Crippen LogP contribution is -2.42. The van der Waals surface area contributed by atoms with Gasteiger partial charge >= 0.3 is 0 Å². The molecule has 0 saturated carbocycles. The van der Waals surface area contributed by atoms with Gasteiger partial charge in [0, 0.05) is 5.69 Å². The van der Waals surface area contributed by atoms with E-state index in [0.717, 1.165) is 18.8 Å². The standard InChI is InChI=1S/C16H21N3O/c1-13(19-10-4-2-3-5-11-19)16(20)18-15-8-6-14(12-17)7-9-15/h6-9,13H,2-5,10-11H2,1H3,(H,18,20)/t13-/m1/s1. The second kappa shape index (κ2) is 7.06. The molecule has 0 unspecified atom stereocenters. The van der Waals surface area contributed by atoms with Gasteiger partial charge in [-0.05, 0) is 57.1 Å². The van der Waals surface area contributed by atoms with Crippen LogP contribution in [0.1, 0.15) is 38.2 Å². The Morgan fingerprint density at radius 2 is 1.80 bits per heavy atom. The van der Waals surface area contributed by atoms with Crippen LogP contribution in [0.15, 0.2) is 24.3 Å². The van der Waals surface area contributed by atoms with Gasteiger partial charge in [-0.25, -0.2) is 0 Å². The maximum Gasteiger partial charge on any atom is 0.241 e. The summed E-state index contributed by atoms with van der Waals surface area (Å²) < 4.78 is 0. The minimum atomic E-state index is -0.108. The second-order valence-corrected chi connectivity index (χ2v) is 5.30. The Kier molecular flexibility index (Phi) is 5.14. The lowest BCUT2D eigenvalue weighted by molar-refractivity contribution is -0.120. The van der Waals surface area contributed by atoms with Gasteiger partial charge in [-0.15, -0.1) is 0 Å². The van der Waals surface area contributed by atoms with Crippen molar-refractivity contribution in [3.05, 3.63) is 29.8 Å². The average molecular weight is 271 g/mol. The molecule has 4 heteroatoms. The van der Waals surface area contributed by atoms with Crippen LogP contribution in [0.2, 0.25) is 0 Å². The van der Waals surface area contributed by atoms with E-state index in [-0.39, 0.29) is 11.9 Å². The number of rotatable bonds is 3. The molecular weight excluding hydrogens is 250 g/mol. The van der Waals surface area contributed by atoms with Crippen LogP contribution in [0, 0.1) is 11.3 Å². The molecule has 1 aliphatic rings. The Labute approximate surface area is 120 Å². The van der Waals surface area contributed by atoms with Gasteiger partial charge in [0.05, 0.1) is 17.7 Å². The molecule has 20 heavy (non-hydrogen) atoms. The Hall–Kier alpha value is -1.86. The van der Waals surface area contributed by atoms with Crippen LogP contribution < -0.4 is 5.32 Å². The molecule has 1 aliphatic heterocycles. The van der Waals surface area contributed by atoms with Crippen LogP contribution >= 0.6 is 0 Å². The Bertz CT molecular complexity index is 481. The van der Waals surface area contributed by atoms with Crippen molar-refractivity contribution in [2.24, 2.45) is 0 Å². The Balaban J connectivity index is 1.94. The molecule has 1 fully saturated rings. The molecule has 1 aromatic carbocycles. The highest BCUT2D eigenvalue weighted by Crippen LogP contribution is 2.14. The third kappa shape index (κ3) is 3.82. The van der Waals surface area contributed by atoms with Crippen molar-refractivity contribution < 1.29 is 4.79 Å². The van der Waals surface area contributed by atoms with Gasteiger partial charge < -0.3 is 5.32 Å². The number of amides is 1. The van der Waals surface area contributed by atoms with Gasteiger partial charge in [0.1, 0.15) is 0 Å². The predicted octanol–water partition coefficient (Wildman–Crippen LogP) is 2.76. The quantitative estimate of drug-likeness (QED) is 0.919. The van der Waals surface area contributed by atoms with Crippen molar-refractivity contribution in [3.8, 4) is 6.07 Å². The van der Waals surface area contributed by atoms with Gasteiger partial charge in [0.25, 0.3) is 0 Å². The summed E-state index contributed by atoms with van der Waals surface area (Å²) in [6, 6.07) is 8.93. The first-order chi connectivity index (χ1) is 9.70. The van der Waals surface area contributed by atoms with Gasteiger partial charge in [0.15, 0.2) is 0 Å². The van der Waals surface area contributed by atoms with E-state index in [9.17, 15) is 4.79 Å². The summed E-state index contributed by atoms with van der Waals surface area (Å²) in [5, 5.41) is 11.7. The lowest BCUT2D eigenvalue weighted by Gasteiger charge is -2.26. The molecule has 106 valence electrons. The monoisotopic (exact) mass is 271 g/mol. The van der Waals surface area contributed by atoms with E-state index in [1.54, 1.807) is 24.3 Å². The highest BCUT2D eigenvalue weighted by atomic mass is 16.2. The van der Waals surface area contributed by atoms with Gasteiger partial charge in [-0.3, -0.25) is 9.69 Å². The van der Waals surface area contributed by atoms with E-state index < -0.39 is 0 Å². The summed E-state index contributed by atoms with van der Waals surface area (Å²) in [7, 11) is 0. The number of carbonyl (C=O) groups is 1. The van der Waals surface area contributed by atoms with Crippen LogP contribution in [0.3, 0.4) is 0 Å². The van der Waals surface area contributed by atoms with Gasteiger partial charge in [0.2, 0.25) is 5.91 Å². The molecule has 1 amide bonds. The van der Waals surface area contributed by atoms with E-state index in [1.165, 1.54) is 25.7 Å². The summed E-state index contributed by atoms with van der Waals surface area (Å²) in [4.78, 5) is 14.5. The highest BCUT2D eigenvalue weighted by molar-refractivity contribution is 5.94. The fraction of sp³-hybridized carbons (Fsp3) is 0.500. The summed E-state index contributed by atoms with van der Waals surface area (Å²) >= 11 is 0. The normalized spacial score (nSPS) is 17.8. The van der Waals surface area contributed by atoms with Crippen LogP contribution in [0.25, 0.3) is 0 Å². The third-order valence-corrected chi connectivity index (χ3v) is 3.85. The number of carbonyl (C=O) groups excluding carboxylic acids is 1. The van der Waals surface area contributed by atoms with E-state index in [0.29, 0.717) is 5.56 Å². The van der Waals surface area contributed by atoms with E-state index in [1.807, 2.05) is 6.92 Å². The molecule has 1 aromatic rings. The molecular formula is C16H21N3O. The first kappa shape index (κ1) is 14.5. The zero-order valence-electron chi connectivity index (χ0n) is 11.9. The zero-order valence-corrected chi connectivity index (χ0v) is 11.9. The third-order valence-electron chi connectivity index (χ3n) is 3.85. The summed E-state index contributed by atoms with van der Waals surface area (Å²) in [6.45, 7) is 3.97. The number of benzene rings is 1. The maximum atomic E-state index is 12.3. The first-order valence-corrected chi connectivity index (χ1v) is 7.26. The van der Waals surface area contributed by atoms with Crippen molar-refractivity contribution in [3.63, 3.8) is 0 Å². The van der Waals surface area contributed by atoms with Crippen LogP contribution in [0.5, 0.6) is 0 Å². The number of likely N-dealkylation sites (tertiary alicyclic amines) is 1. The fourth-order valence-electron chi connectivity index (χ4n) is 2.52. The molecule has 1 heterocycles. The number of anilines is 1. The van der Waals surface area contributed by atoms with E-state index in [4.69, 9.17) is 5.26 Å². The summed E-state index contributed by atoms with van der Waals surface area (Å²) in [6.07, 6.45) is 4.88. The molecule has 0 spiro atoms. The number of hydrogen-bond acceptors (Lipinski definition) is 3. The van der Waals surface area contributed by atoms with Crippen molar-refractivity contribution in [2.45, 2.75) is 38.6 Å². The van der Waals surface area contributed by atoms with Crippen molar-refractivity contribution in [1.82, 2.24) is 4.90 Å². The van der Waals surface area contributed by atoms with Crippen molar-refractivity contribution in [2.75, 3.05) is 18.4 Å². The summed E-state index contributed by atoms with van der Waals surface area (Å²) in [5.74, 6) is 0.0246. The molecule has 4 nitrogen and oxygen atoms in total. The molecule has 0 bridgehead atoms. The van der Waals surface area contributed by atoms with E-state index >= 15 is 0 Å². The van der Waals surface area contributed by atoms with Gasteiger partial charge in [-0.1, -0.05) is 12.8 Å². The molecule has 1 saturated heterocycles. The van der Waals surface area contributed by atoms with E-state index in [2.05, 4.69) is 16.3 Å². The summed E-state index contributed by atoms with van der Waals surface area (Å²) in [5.41, 5.74) is 1.35. The number of nitrogens with zero attached hydrogens (tertiary/aromatic N) is 2. The molecule has 0 radical (unpaired) electrons. The smallest absolute Gasteiger partial charge is 0.241 e. The minimum Gasteiger partial charge on any atom is -0.325 e. The molecule has 1 atom stereocenters. The number of hydrogen-bond donors (Lipinski definition) is 1. The SMILES string of the molecule is C[C@H](C(=O)Nc1ccc(C#N)cc1)N1CCCCCC1. The highest BCUT2D eigenvalue weighted by Gasteiger charge is 2.21. The predicted molar refractivity (Wildman–Crippen MR) is 79.3 cm³/mol. The van der Waals surface area contributed by atoms with Gasteiger partial charge in [-0.2, -0.15) is 5.26 Å². The van der Waals surface area contributed by atoms with Crippen LogP contribution in [0.4, 0.5) is 5.69 Å². The number of nitrogens with one attached hydrogen (secondary N) is 1. The molecule has 0 aromatic heterocycles. The topological polar surface area (TPSA) is 56.1 Å².